The fraction of sp³-hybridized carbons (Fsp3) is 0.481. The number of para-hydroxylation sites is 1. The highest BCUT2D eigenvalue weighted by Gasteiger charge is 2.18. The van der Waals surface area contributed by atoms with Gasteiger partial charge in [-0.1, -0.05) is 98.6 Å². The number of nitrogens with one attached hydrogen (secondary N) is 3. The van der Waals surface area contributed by atoms with E-state index < -0.39 is 0 Å². The molecule has 0 saturated heterocycles. The molecule has 1 atom stereocenters. The Balaban J connectivity index is 2.07. The van der Waals surface area contributed by atoms with Gasteiger partial charge in [0.15, 0.2) is 0 Å². The fourth-order valence-electron chi connectivity index (χ4n) is 3.81. The van der Waals surface area contributed by atoms with Crippen LogP contribution in [-0.4, -0.2) is 23.8 Å². The van der Waals surface area contributed by atoms with Gasteiger partial charge in [0.2, 0.25) is 5.91 Å². The maximum atomic E-state index is 12.9. The lowest BCUT2D eigenvalue weighted by Crippen LogP contribution is -2.39. The third-order valence-electron chi connectivity index (χ3n) is 5.65. The van der Waals surface area contributed by atoms with Gasteiger partial charge in [0.05, 0.1) is 6.04 Å². The number of urea groups is 1. The Morgan fingerprint density at radius 1 is 0.848 bits per heavy atom. The van der Waals surface area contributed by atoms with Crippen LogP contribution in [0.1, 0.15) is 87.9 Å². The number of alkyl halides is 1. The van der Waals surface area contributed by atoms with Gasteiger partial charge >= 0.3 is 6.03 Å². The summed E-state index contributed by atoms with van der Waals surface area (Å²) in [6, 6.07) is 15.4. The SMILES string of the molecule is CC(C)c1cccc(C(C)C)c1NC(=O)NCC(NC(=O)CCCCCBr)c1ccccc1. The molecule has 6 heteroatoms. The normalized spacial score (nSPS) is 12.0. The summed E-state index contributed by atoms with van der Waals surface area (Å²) in [5.41, 5.74) is 4.09. The third-order valence-corrected chi connectivity index (χ3v) is 6.21. The highest BCUT2D eigenvalue weighted by Crippen LogP contribution is 2.32. The van der Waals surface area contributed by atoms with E-state index in [9.17, 15) is 9.59 Å². The van der Waals surface area contributed by atoms with E-state index in [0.29, 0.717) is 24.8 Å². The minimum absolute atomic E-state index is 0.00730. The summed E-state index contributed by atoms with van der Waals surface area (Å²) in [7, 11) is 0. The van der Waals surface area contributed by atoms with Gasteiger partial charge in [-0.3, -0.25) is 4.79 Å². The van der Waals surface area contributed by atoms with Crippen molar-refractivity contribution in [2.75, 3.05) is 17.2 Å². The van der Waals surface area contributed by atoms with Crippen LogP contribution in [0, 0.1) is 0 Å². The first kappa shape index (κ1) is 26.9. The van der Waals surface area contributed by atoms with Crippen LogP contribution in [0.5, 0.6) is 0 Å². The van der Waals surface area contributed by atoms with Crippen LogP contribution in [0.15, 0.2) is 48.5 Å². The number of benzene rings is 2. The maximum absolute atomic E-state index is 12.9. The van der Waals surface area contributed by atoms with Gasteiger partial charge < -0.3 is 16.0 Å². The van der Waals surface area contributed by atoms with Crippen molar-refractivity contribution in [2.24, 2.45) is 0 Å². The van der Waals surface area contributed by atoms with Gasteiger partial charge in [0.1, 0.15) is 0 Å². The average molecular weight is 517 g/mol. The van der Waals surface area contributed by atoms with Crippen LogP contribution in [0.2, 0.25) is 0 Å². The lowest BCUT2D eigenvalue weighted by Gasteiger charge is -2.22. The van der Waals surface area contributed by atoms with Crippen LogP contribution < -0.4 is 16.0 Å². The summed E-state index contributed by atoms with van der Waals surface area (Å²) in [5.74, 6) is 0.590. The Kier molecular flexibility index (Phi) is 11.4. The van der Waals surface area contributed by atoms with Crippen molar-refractivity contribution in [2.45, 2.75) is 71.3 Å². The molecule has 0 radical (unpaired) electrons. The van der Waals surface area contributed by atoms with Crippen molar-refractivity contribution >= 4 is 33.6 Å². The third kappa shape index (κ3) is 8.84. The number of unbranched alkanes of at least 4 members (excludes halogenated alkanes) is 2. The minimum atomic E-state index is -0.287. The first-order valence-corrected chi connectivity index (χ1v) is 13.0. The Hall–Kier alpha value is -2.34. The largest absolute Gasteiger partial charge is 0.348 e. The van der Waals surface area contributed by atoms with E-state index in [1.54, 1.807) is 0 Å². The number of carbonyl (C=O) groups is 2. The maximum Gasteiger partial charge on any atom is 0.319 e. The molecule has 2 rings (SSSR count). The summed E-state index contributed by atoms with van der Waals surface area (Å²) in [6.07, 6.45) is 3.43. The monoisotopic (exact) mass is 515 g/mol. The summed E-state index contributed by atoms with van der Waals surface area (Å²) in [4.78, 5) is 25.4. The summed E-state index contributed by atoms with van der Waals surface area (Å²) >= 11 is 3.42. The first-order valence-electron chi connectivity index (χ1n) is 11.9. The number of amides is 3. The Morgan fingerprint density at radius 3 is 2.06 bits per heavy atom. The second kappa shape index (κ2) is 14.0. The predicted molar refractivity (Wildman–Crippen MR) is 141 cm³/mol. The van der Waals surface area contributed by atoms with Gasteiger partial charge in [-0.25, -0.2) is 4.79 Å². The molecular formula is C27H38BrN3O2. The topological polar surface area (TPSA) is 70.2 Å². The van der Waals surface area contributed by atoms with Crippen molar-refractivity contribution in [3.05, 3.63) is 65.2 Å². The molecule has 2 aromatic rings. The Bertz CT molecular complexity index is 858. The molecule has 0 fully saturated rings. The van der Waals surface area contributed by atoms with Crippen molar-refractivity contribution < 1.29 is 9.59 Å². The van der Waals surface area contributed by atoms with Gasteiger partial charge in [-0.15, -0.1) is 0 Å². The molecule has 0 aliphatic rings. The standard InChI is InChI=1S/C27H38BrN3O2/c1-19(2)22-14-11-15-23(20(3)4)26(22)31-27(33)29-18-24(21-12-7-5-8-13-21)30-25(32)16-9-6-10-17-28/h5,7-8,11-15,19-20,24H,6,9-10,16-18H2,1-4H3,(H,30,32)(H2,29,31,33). The Labute approximate surface area is 207 Å². The van der Waals surface area contributed by atoms with Crippen molar-refractivity contribution in [3.63, 3.8) is 0 Å². The summed E-state index contributed by atoms with van der Waals surface area (Å²) < 4.78 is 0. The quantitative estimate of drug-likeness (QED) is 0.213. The molecule has 0 saturated carbocycles. The summed E-state index contributed by atoms with van der Waals surface area (Å²) in [6.45, 7) is 8.81. The highest BCUT2D eigenvalue weighted by molar-refractivity contribution is 9.09. The predicted octanol–water partition coefficient (Wildman–Crippen LogP) is 6.87. The molecule has 3 N–H and O–H groups in total. The first-order chi connectivity index (χ1) is 15.8. The van der Waals surface area contributed by atoms with E-state index in [0.717, 1.165) is 47.0 Å². The number of hydrogen-bond donors (Lipinski definition) is 3. The number of anilines is 1. The zero-order valence-corrected chi connectivity index (χ0v) is 21.9. The zero-order chi connectivity index (χ0) is 24.2. The second-order valence-corrected chi connectivity index (χ2v) is 9.78. The van der Waals surface area contributed by atoms with E-state index >= 15 is 0 Å². The van der Waals surface area contributed by atoms with E-state index in [4.69, 9.17) is 0 Å². The van der Waals surface area contributed by atoms with E-state index in [-0.39, 0.29) is 18.0 Å². The smallest absolute Gasteiger partial charge is 0.319 e. The highest BCUT2D eigenvalue weighted by atomic mass is 79.9. The lowest BCUT2D eigenvalue weighted by atomic mass is 9.93. The van der Waals surface area contributed by atoms with Gasteiger partial charge in [-0.05, 0) is 41.4 Å². The molecule has 180 valence electrons. The van der Waals surface area contributed by atoms with E-state index in [1.165, 1.54) is 0 Å². The van der Waals surface area contributed by atoms with Gasteiger partial charge in [0, 0.05) is 24.0 Å². The van der Waals surface area contributed by atoms with Crippen LogP contribution >= 0.6 is 15.9 Å². The van der Waals surface area contributed by atoms with Crippen molar-refractivity contribution in [1.82, 2.24) is 10.6 Å². The average Bonchev–Trinajstić information content (AvgIpc) is 2.79. The molecule has 5 nitrogen and oxygen atoms in total. The molecule has 1 unspecified atom stereocenters. The molecule has 0 bridgehead atoms. The molecule has 0 heterocycles. The zero-order valence-electron chi connectivity index (χ0n) is 20.3. The van der Waals surface area contributed by atoms with Crippen LogP contribution in [-0.2, 0) is 4.79 Å². The molecular weight excluding hydrogens is 478 g/mol. The van der Waals surface area contributed by atoms with Crippen molar-refractivity contribution in [1.29, 1.82) is 0 Å². The molecule has 0 aromatic heterocycles. The Morgan fingerprint density at radius 2 is 1.48 bits per heavy atom. The molecule has 0 spiro atoms. The van der Waals surface area contributed by atoms with E-state index in [1.807, 2.05) is 36.4 Å². The van der Waals surface area contributed by atoms with Gasteiger partial charge in [-0.2, -0.15) is 0 Å². The summed E-state index contributed by atoms with van der Waals surface area (Å²) in [5, 5.41) is 10.1. The lowest BCUT2D eigenvalue weighted by molar-refractivity contribution is -0.121. The number of carbonyl (C=O) groups excluding carboxylic acids is 2. The van der Waals surface area contributed by atoms with Gasteiger partial charge in [0.25, 0.3) is 0 Å². The fourth-order valence-corrected chi connectivity index (χ4v) is 4.21. The molecule has 3 amide bonds. The number of halogens is 1. The van der Waals surface area contributed by atoms with E-state index in [2.05, 4.69) is 71.7 Å². The molecule has 33 heavy (non-hydrogen) atoms. The number of hydrogen-bond acceptors (Lipinski definition) is 2. The second-order valence-electron chi connectivity index (χ2n) is 8.99. The molecule has 0 aliphatic carbocycles. The molecule has 2 aromatic carbocycles. The van der Waals surface area contributed by atoms with Crippen LogP contribution in [0.25, 0.3) is 0 Å². The van der Waals surface area contributed by atoms with Crippen molar-refractivity contribution in [3.8, 4) is 0 Å². The molecule has 0 aliphatic heterocycles. The minimum Gasteiger partial charge on any atom is -0.348 e. The number of rotatable bonds is 12. The van der Waals surface area contributed by atoms with Crippen LogP contribution in [0.3, 0.4) is 0 Å². The van der Waals surface area contributed by atoms with Crippen LogP contribution in [0.4, 0.5) is 10.5 Å².